The van der Waals surface area contributed by atoms with Crippen LogP contribution in [0.2, 0.25) is 0 Å². The Morgan fingerprint density at radius 1 is 0.871 bits per heavy atom. The van der Waals surface area contributed by atoms with Gasteiger partial charge in [0.15, 0.2) is 0 Å². The maximum atomic E-state index is 5.55. The Morgan fingerprint density at radius 3 is 2.42 bits per heavy atom. The van der Waals surface area contributed by atoms with E-state index in [-0.39, 0.29) is 0 Å². The number of nitrogens with zero attached hydrogens (tertiary/aromatic N) is 2. The molecular weight excluding hydrogens is 400 g/mol. The smallest absolute Gasteiger partial charge is 0.123 e. The molecule has 0 unspecified atom stereocenters. The van der Waals surface area contributed by atoms with Crippen molar-refractivity contribution in [3.8, 4) is 27.4 Å². The number of hydrogen-bond donors (Lipinski definition) is 0. The summed E-state index contributed by atoms with van der Waals surface area (Å²) in [4.78, 5) is 7.24. The Kier molecular flexibility index (Phi) is 7.13. The Bertz CT molecular complexity index is 1090. The second-order valence-corrected chi connectivity index (χ2v) is 8.51. The summed E-state index contributed by atoms with van der Waals surface area (Å²) >= 11 is 1.71. The predicted molar refractivity (Wildman–Crippen MR) is 131 cm³/mol. The molecule has 0 saturated carbocycles. The van der Waals surface area contributed by atoms with Crippen LogP contribution < -0.4 is 4.74 Å². The van der Waals surface area contributed by atoms with E-state index in [2.05, 4.69) is 84.1 Å². The van der Waals surface area contributed by atoms with Crippen molar-refractivity contribution >= 4 is 11.3 Å². The van der Waals surface area contributed by atoms with Gasteiger partial charge in [0.05, 0.1) is 12.3 Å². The molecule has 3 nitrogen and oxygen atoms in total. The lowest BCUT2D eigenvalue weighted by molar-refractivity contribution is 0.328. The molecule has 1 heterocycles. The van der Waals surface area contributed by atoms with Gasteiger partial charge in [0.2, 0.25) is 0 Å². The first-order chi connectivity index (χ1) is 15.2. The number of hydrogen-bond acceptors (Lipinski definition) is 4. The number of aromatic nitrogens is 1. The van der Waals surface area contributed by atoms with Crippen LogP contribution in [0.25, 0.3) is 21.7 Å². The van der Waals surface area contributed by atoms with E-state index in [9.17, 15) is 0 Å². The highest BCUT2D eigenvalue weighted by Gasteiger charge is 2.09. The zero-order valence-electron chi connectivity index (χ0n) is 18.1. The van der Waals surface area contributed by atoms with E-state index in [0.29, 0.717) is 6.61 Å². The Hall–Kier alpha value is -2.95. The van der Waals surface area contributed by atoms with E-state index in [1.165, 1.54) is 16.7 Å². The quantitative estimate of drug-likeness (QED) is 0.302. The molecule has 0 aliphatic carbocycles. The molecule has 0 spiro atoms. The highest BCUT2D eigenvalue weighted by Crippen LogP contribution is 2.29. The van der Waals surface area contributed by atoms with Crippen molar-refractivity contribution in [2.75, 3.05) is 20.2 Å². The molecule has 3 aromatic carbocycles. The minimum atomic E-state index is 0.683. The molecule has 158 valence electrons. The van der Waals surface area contributed by atoms with Crippen molar-refractivity contribution in [2.24, 2.45) is 0 Å². The van der Waals surface area contributed by atoms with Crippen LogP contribution in [0, 0.1) is 0 Å². The number of rotatable bonds is 9. The van der Waals surface area contributed by atoms with E-state index >= 15 is 0 Å². The van der Waals surface area contributed by atoms with Crippen LogP contribution in [0.3, 0.4) is 0 Å². The minimum absolute atomic E-state index is 0.683. The van der Waals surface area contributed by atoms with Crippen molar-refractivity contribution in [1.82, 2.24) is 9.88 Å². The number of thiazole rings is 1. The second kappa shape index (κ2) is 10.4. The third kappa shape index (κ3) is 5.81. The lowest BCUT2D eigenvalue weighted by Crippen LogP contribution is -2.20. The molecular formula is C27H28N2OS. The largest absolute Gasteiger partial charge is 0.494 e. The molecule has 0 N–H and O–H groups in total. The average Bonchev–Trinajstić information content (AvgIpc) is 3.28. The van der Waals surface area contributed by atoms with Crippen molar-refractivity contribution in [3.05, 3.63) is 95.5 Å². The standard InChI is InChI=1S/C27H28N2OS/c1-3-30-26-14-12-22(13-15-26)23-10-7-11-24(18-23)27-28-25(20-31-27)19-29(2)17-16-21-8-5-4-6-9-21/h4-15,18,20H,3,16-17,19H2,1-2H3. The first-order valence-electron chi connectivity index (χ1n) is 10.7. The van der Waals surface area contributed by atoms with Crippen LogP contribution in [0.15, 0.2) is 84.2 Å². The summed E-state index contributed by atoms with van der Waals surface area (Å²) in [5, 5.41) is 3.25. The highest BCUT2D eigenvalue weighted by molar-refractivity contribution is 7.13. The zero-order valence-corrected chi connectivity index (χ0v) is 18.9. The summed E-state index contributed by atoms with van der Waals surface area (Å²) in [7, 11) is 2.16. The second-order valence-electron chi connectivity index (χ2n) is 7.66. The van der Waals surface area contributed by atoms with E-state index in [1.807, 2.05) is 19.1 Å². The maximum Gasteiger partial charge on any atom is 0.123 e. The van der Waals surface area contributed by atoms with Gasteiger partial charge in [-0.25, -0.2) is 4.98 Å². The Balaban J connectivity index is 1.41. The molecule has 1 aromatic heterocycles. The van der Waals surface area contributed by atoms with Gasteiger partial charge in [-0.2, -0.15) is 0 Å². The van der Waals surface area contributed by atoms with Crippen molar-refractivity contribution in [1.29, 1.82) is 0 Å². The third-order valence-corrected chi connectivity index (χ3v) is 6.16. The molecule has 4 aromatic rings. The van der Waals surface area contributed by atoms with E-state index in [4.69, 9.17) is 9.72 Å². The summed E-state index contributed by atoms with van der Waals surface area (Å²) in [6.45, 7) is 4.56. The normalized spacial score (nSPS) is 11.1. The van der Waals surface area contributed by atoms with Gasteiger partial charge in [0.25, 0.3) is 0 Å². The van der Waals surface area contributed by atoms with Crippen LogP contribution in [0.4, 0.5) is 0 Å². The van der Waals surface area contributed by atoms with Gasteiger partial charge in [0, 0.05) is 24.0 Å². The van der Waals surface area contributed by atoms with E-state index < -0.39 is 0 Å². The summed E-state index contributed by atoms with van der Waals surface area (Å²) in [5.74, 6) is 0.906. The molecule has 0 radical (unpaired) electrons. The van der Waals surface area contributed by atoms with Crippen molar-refractivity contribution < 1.29 is 4.74 Å². The fourth-order valence-corrected chi connectivity index (χ4v) is 4.38. The minimum Gasteiger partial charge on any atom is -0.494 e. The van der Waals surface area contributed by atoms with Crippen LogP contribution in [-0.2, 0) is 13.0 Å². The summed E-state index contributed by atoms with van der Waals surface area (Å²) in [5.41, 5.74) is 6.04. The molecule has 0 bridgehead atoms. The van der Waals surface area contributed by atoms with Crippen LogP contribution in [0.1, 0.15) is 18.2 Å². The van der Waals surface area contributed by atoms with Crippen LogP contribution in [-0.4, -0.2) is 30.1 Å². The van der Waals surface area contributed by atoms with Gasteiger partial charge in [-0.15, -0.1) is 11.3 Å². The Morgan fingerprint density at radius 2 is 1.65 bits per heavy atom. The SMILES string of the molecule is CCOc1ccc(-c2cccc(-c3nc(CN(C)CCc4ccccc4)cs3)c2)cc1. The molecule has 4 heteroatoms. The summed E-state index contributed by atoms with van der Waals surface area (Å²) < 4.78 is 5.55. The van der Waals surface area contributed by atoms with E-state index in [1.54, 1.807) is 11.3 Å². The van der Waals surface area contributed by atoms with Gasteiger partial charge in [-0.1, -0.05) is 60.7 Å². The highest BCUT2D eigenvalue weighted by atomic mass is 32.1. The first-order valence-corrected chi connectivity index (χ1v) is 11.6. The average molecular weight is 429 g/mol. The van der Waals surface area contributed by atoms with Gasteiger partial charge >= 0.3 is 0 Å². The molecule has 4 rings (SSSR count). The van der Waals surface area contributed by atoms with E-state index in [0.717, 1.165) is 41.5 Å². The first kappa shape index (κ1) is 21.3. The zero-order chi connectivity index (χ0) is 21.5. The number of ether oxygens (including phenoxy) is 1. The van der Waals surface area contributed by atoms with Crippen LogP contribution >= 0.6 is 11.3 Å². The van der Waals surface area contributed by atoms with Crippen LogP contribution in [0.5, 0.6) is 5.75 Å². The predicted octanol–water partition coefficient (Wildman–Crippen LogP) is 6.55. The molecule has 0 amide bonds. The lowest BCUT2D eigenvalue weighted by Gasteiger charge is -2.15. The van der Waals surface area contributed by atoms with Crippen molar-refractivity contribution in [2.45, 2.75) is 19.9 Å². The summed E-state index contributed by atoms with van der Waals surface area (Å²) in [6, 6.07) is 27.5. The summed E-state index contributed by atoms with van der Waals surface area (Å²) in [6.07, 6.45) is 1.05. The number of likely N-dealkylation sites (N-methyl/N-ethyl adjacent to an activating group) is 1. The Labute approximate surface area is 189 Å². The monoisotopic (exact) mass is 428 g/mol. The maximum absolute atomic E-state index is 5.55. The van der Waals surface area contributed by atoms with Crippen molar-refractivity contribution in [3.63, 3.8) is 0 Å². The number of benzene rings is 3. The third-order valence-electron chi connectivity index (χ3n) is 5.22. The molecule has 0 saturated heterocycles. The fraction of sp³-hybridized carbons (Fsp3) is 0.222. The molecule has 0 aliphatic heterocycles. The lowest BCUT2D eigenvalue weighted by atomic mass is 10.0. The topological polar surface area (TPSA) is 25.4 Å². The molecule has 0 atom stereocenters. The molecule has 0 fully saturated rings. The van der Waals surface area contributed by atoms with Gasteiger partial charge < -0.3 is 9.64 Å². The molecule has 0 aliphatic rings. The van der Waals surface area contributed by atoms with Gasteiger partial charge in [-0.3, -0.25) is 0 Å². The fourth-order valence-electron chi connectivity index (χ4n) is 3.57. The molecule has 31 heavy (non-hydrogen) atoms. The van der Waals surface area contributed by atoms with Gasteiger partial charge in [0.1, 0.15) is 10.8 Å². The van der Waals surface area contributed by atoms with Gasteiger partial charge in [-0.05, 0) is 55.3 Å².